The van der Waals surface area contributed by atoms with Crippen molar-refractivity contribution in [2.75, 3.05) is 13.1 Å². The maximum Gasteiger partial charge on any atom is 0.0971 e. The molecule has 0 saturated carbocycles. The van der Waals surface area contributed by atoms with Gasteiger partial charge in [-0.15, -0.1) is 0 Å². The van der Waals surface area contributed by atoms with E-state index in [1.165, 1.54) is 29.2 Å². The van der Waals surface area contributed by atoms with Crippen LogP contribution in [0.4, 0.5) is 0 Å². The second-order valence-corrected chi connectivity index (χ2v) is 7.46. The molecule has 5 rings (SSSR count). The number of hydrogen-bond acceptors (Lipinski definition) is 4. The van der Waals surface area contributed by atoms with Gasteiger partial charge < -0.3 is 0 Å². The summed E-state index contributed by atoms with van der Waals surface area (Å²) in [5.74, 6) is 0.613. The van der Waals surface area contributed by atoms with Crippen molar-refractivity contribution < 1.29 is 0 Å². The first-order chi connectivity index (χ1) is 13.9. The zero-order chi connectivity index (χ0) is 18.8. The Bertz CT molecular complexity index is 1060. The van der Waals surface area contributed by atoms with Gasteiger partial charge in [-0.3, -0.25) is 9.88 Å². The van der Waals surface area contributed by atoms with Gasteiger partial charge in [0.25, 0.3) is 0 Å². The molecular formula is C23H23N5. The van der Waals surface area contributed by atoms with E-state index in [9.17, 15) is 0 Å². The maximum atomic E-state index is 4.65. The molecule has 4 aromatic rings. The quantitative estimate of drug-likeness (QED) is 0.541. The molecule has 140 valence electrons. The predicted octanol–water partition coefficient (Wildman–Crippen LogP) is 4.20. The molecule has 0 aliphatic carbocycles. The van der Waals surface area contributed by atoms with Crippen LogP contribution in [0, 0.1) is 0 Å². The second-order valence-electron chi connectivity index (χ2n) is 7.46. The number of piperidine rings is 1. The van der Waals surface area contributed by atoms with E-state index in [4.69, 9.17) is 0 Å². The number of pyridine rings is 1. The van der Waals surface area contributed by atoms with Crippen LogP contribution in [0.15, 0.2) is 73.2 Å². The Labute approximate surface area is 164 Å². The number of nitrogens with zero attached hydrogens (tertiary/aromatic N) is 5. The zero-order valence-corrected chi connectivity index (χ0v) is 15.8. The summed E-state index contributed by atoms with van der Waals surface area (Å²) >= 11 is 0. The summed E-state index contributed by atoms with van der Waals surface area (Å²) in [6.45, 7) is 3.04. The largest absolute Gasteiger partial charge is 0.297 e. The van der Waals surface area contributed by atoms with Crippen LogP contribution in [0.2, 0.25) is 0 Å². The van der Waals surface area contributed by atoms with Crippen LogP contribution in [-0.4, -0.2) is 38.0 Å². The molecule has 3 heterocycles. The van der Waals surface area contributed by atoms with Crippen molar-refractivity contribution in [3.8, 4) is 5.69 Å². The molecule has 5 heteroatoms. The highest BCUT2D eigenvalue weighted by Gasteiger charge is 2.22. The number of para-hydroxylation sites is 1. The normalized spacial score (nSPS) is 15.9. The van der Waals surface area contributed by atoms with Gasteiger partial charge in [-0.25, -0.2) is 0 Å². The minimum Gasteiger partial charge on any atom is -0.297 e. The topological polar surface area (TPSA) is 46.8 Å². The first kappa shape index (κ1) is 17.1. The Hall–Kier alpha value is -3.05. The van der Waals surface area contributed by atoms with Crippen molar-refractivity contribution in [2.45, 2.75) is 25.3 Å². The standard InChI is InChI=1S/C23H23N5/c1-2-6-21(7-3-1)28-25-16-20(26-28)17-27-13-10-18(11-14-27)22-8-4-5-19-15-24-12-9-23(19)22/h1-9,12,15-16,18H,10-11,13-14,17H2. The van der Waals surface area contributed by atoms with Gasteiger partial charge in [-0.2, -0.15) is 15.0 Å². The first-order valence-corrected chi connectivity index (χ1v) is 9.88. The van der Waals surface area contributed by atoms with Crippen LogP contribution in [0.25, 0.3) is 16.5 Å². The van der Waals surface area contributed by atoms with Crippen molar-refractivity contribution >= 4 is 10.8 Å². The van der Waals surface area contributed by atoms with E-state index >= 15 is 0 Å². The van der Waals surface area contributed by atoms with Crippen LogP contribution in [0.3, 0.4) is 0 Å². The zero-order valence-electron chi connectivity index (χ0n) is 15.8. The Morgan fingerprint density at radius 2 is 1.75 bits per heavy atom. The third-order valence-electron chi connectivity index (χ3n) is 5.65. The SMILES string of the molecule is c1ccc(-n2ncc(CN3CCC(c4cccc5cnccc45)CC3)n2)cc1. The van der Waals surface area contributed by atoms with Gasteiger partial charge in [0, 0.05) is 24.3 Å². The van der Waals surface area contributed by atoms with Gasteiger partial charge in [0.15, 0.2) is 0 Å². The van der Waals surface area contributed by atoms with Gasteiger partial charge in [-0.1, -0.05) is 36.4 Å². The molecule has 28 heavy (non-hydrogen) atoms. The van der Waals surface area contributed by atoms with Crippen molar-refractivity contribution in [2.24, 2.45) is 0 Å². The molecule has 1 saturated heterocycles. The molecule has 0 amide bonds. The molecule has 0 bridgehead atoms. The summed E-state index contributed by atoms with van der Waals surface area (Å²) < 4.78 is 0. The molecule has 2 aromatic heterocycles. The average Bonchev–Trinajstić information content (AvgIpc) is 3.23. The lowest BCUT2D eigenvalue weighted by Gasteiger charge is -2.32. The van der Waals surface area contributed by atoms with E-state index in [2.05, 4.69) is 44.3 Å². The van der Waals surface area contributed by atoms with Crippen LogP contribution >= 0.6 is 0 Å². The Balaban J connectivity index is 1.25. The van der Waals surface area contributed by atoms with Crippen molar-refractivity contribution in [3.05, 3.63) is 84.4 Å². The molecule has 0 atom stereocenters. The summed E-state index contributed by atoms with van der Waals surface area (Å²) in [6.07, 6.45) is 8.10. The van der Waals surface area contributed by atoms with Gasteiger partial charge in [0.05, 0.1) is 17.6 Å². The van der Waals surface area contributed by atoms with E-state index in [1.807, 2.05) is 48.9 Å². The van der Waals surface area contributed by atoms with E-state index in [0.29, 0.717) is 5.92 Å². The van der Waals surface area contributed by atoms with Crippen molar-refractivity contribution in [1.82, 2.24) is 24.9 Å². The molecule has 1 aliphatic heterocycles. The highest BCUT2D eigenvalue weighted by molar-refractivity contribution is 5.85. The molecule has 0 unspecified atom stereocenters. The van der Waals surface area contributed by atoms with Crippen LogP contribution in [0.1, 0.15) is 30.0 Å². The Morgan fingerprint density at radius 1 is 0.893 bits per heavy atom. The van der Waals surface area contributed by atoms with Gasteiger partial charge in [-0.05, 0) is 61.0 Å². The Kier molecular flexibility index (Phi) is 4.59. The average molecular weight is 369 g/mol. The van der Waals surface area contributed by atoms with E-state index < -0.39 is 0 Å². The number of likely N-dealkylation sites (tertiary alicyclic amines) is 1. The number of rotatable bonds is 4. The van der Waals surface area contributed by atoms with Crippen LogP contribution < -0.4 is 0 Å². The van der Waals surface area contributed by atoms with E-state index in [0.717, 1.165) is 31.0 Å². The Morgan fingerprint density at radius 3 is 2.61 bits per heavy atom. The molecule has 2 aromatic carbocycles. The molecular weight excluding hydrogens is 346 g/mol. The fraction of sp³-hybridized carbons (Fsp3) is 0.261. The lowest BCUT2D eigenvalue weighted by molar-refractivity contribution is 0.202. The molecule has 1 aliphatic rings. The molecule has 0 spiro atoms. The molecule has 0 N–H and O–H groups in total. The van der Waals surface area contributed by atoms with Crippen LogP contribution in [0.5, 0.6) is 0 Å². The number of fused-ring (bicyclic) bond motifs is 1. The minimum atomic E-state index is 0.613. The van der Waals surface area contributed by atoms with Crippen molar-refractivity contribution in [3.63, 3.8) is 0 Å². The summed E-state index contributed by atoms with van der Waals surface area (Å²) in [6, 6.07) is 18.8. The lowest BCUT2D eigenvalue weighted by Crippen LogP contribution is -2.32. The first-order valence-electron chi connectivity index (χ1n) is 9.88. The highest BCUT2D eigenvalue weighted by atomic mass is 15.5. The van der Waals surface area contributed by atoms with E-state index in [1.54, 1.807) is 4.80 Å². The summed E-state index contributed by atoms with van der Waals surface area (Å²) in [5, 5.41) is 11.7. The predicted molar refractivity (Wildman–Crippen MR) is 110 cm³/mol. The number of benzene rings is 2. The number of hydrogen-bond donors (Lipinski definition) is 0. The second kappa shape index (κ2) is 7.52. The molecule has 0 radical (unpaired) electrons. The van der Waals surface area contributed by atoms with Gasteiger partial charge >= 0.3 is 0 Å². The van der Waals surface area contributed by atoms with Gasteiger partial charge in [0.1, 0.15) is 0 Å². The summed E-state index contributed by atoms with van der Waals surface area (Å²) in [7, 11) is 0. The minimum absolute atomic E-state index is 0.613. The number of aromatic nitrogens is 4. The monoisotopic (exact) mass is 369 g/mol. The third kappa shape index (κ3) is 3.41. The van der Waals surface area contributed by atoms with Gasteiger partial charge in [0.2, 0.25) is 0 Å². The third-order valence-corrected chi connectivity index (χ3v) is 5.65. The fourth-order valence-electron chi connectivity index (χ4n) is 4.19. The molecule has 5 nitrogen and oxygen atoms in total. The smallest absolute Gasteiger partial charge is 0.0971 e. The molecule has 1 fully saturated rings. The van der Waals surface area contributed by atoms with E-state index in [-0.39, 0.29) is 0 Å². The van der Waals surface area contributed by atoms with Crippen LogP contribution in [-0.2, 0) is 6.54 Å². The highest BCUT2D eigenvalue weighted by Crippen LogP contribution is 2.33. The van der Waals surface area contributed by atoms with Crippen molar-refractivity contribution in [1.29, 1.82) is 0 Å². The maximum absolute atomic E-state index is 4.65. The summed E-state index contributed by atoms with van der Waals surface area (Å²) in [4.78, 5) is 8.46. The summed E-state index contributed by atoms with van der Waals surface area (Å²) in [5.41, 5.74) is 3.49. The lowest BCUT2D eigenvalue weighted by atomic mass is 9.86. The fourth-order valence-corrected chi connectivity index (χ4v) is 4.19.